The molecule has 1 rings (SSSR count). The molecule has 0 spiro atoms. The molecule has 104 valence electrons. The van der Waals surface area contributed by atoms with Gasteiger partial charge in [0.15, 0.2) is 0 Å². The topological polar surface area (TPSA) is 61.4 Å². The number of hydrogen-bond donors (Lipinski definition) is 2. The first-order valence-corrected chi connectivity index (χ1v) is 6.62. The van der Waals surface area contributed by atoms with Gasteiger partial charge in [-0.05, 0) is 32.2 Å². The SMILES string of the molecule is CC(C)CNC(=O)CN(C)C(=O)C1(C)CCCN1. The number of likely N-dealkylation sites (N-methyl/N-ethyl adjacent to an activating group) is 1. The molecule has 2 N–H and O–H groups in total. The number of amides is 2. The maximum atomic E-state index is 12.2. The van der Waals surface area contributed by atoms with E-state index in [-0.39, 0.29) is 18.4 Å². The second-order valence-corrected chi connectivity index (χ2v) is 5.72. The van der Waals surface area contributed by atoms with Crippen LogP contribution in [0.1, 0.15) is 33.6 Å². The minimum Gasteiger partial charge on any atom is -0.354 e. The molecule has 0 aromatic heterocycles. The van der Waals surface area contributed by atoms with Gasteiger partial charge in [-0.25, -0.2) is 0 Å². The number of rotatable bonds is 5. The van der Waals surface area contributed by atoms with Crippen molar-refractivity contribution in [3.05, 3.63) is 0 Å². The number of nitrogens with zero attached hydrogens (tertiary/aromatic N) is 1. The van der Waals surface area contributed by atoms with E-state index in [9.17, 15) is 9.59 Å². The third-order valence-electron chi connectivity index (χ3n) is 3.28. The van der Waals surface area contributed by atoms with Crippen LogP contribution in [0.25, 0.3) is 0 Å². The molecule has 0 aliphatic carbocycles. The van der Waals surface area contributed by atoms with E-state index in [1.807, 2.05) is 20.8 Å². The molecule has 1 unspecified atom stereocenters. The molecular weight excluding hydrogens is 230 g/mol. The van der Waals surface area contributed by atoms with Gasteiger partial charge >= 0.3 is 0 Å². The second-order valence-electron chi connectivity index (χ2n) is 5.72. The van der Waals surface area contributed by atoms with Crippen molar-refractivity contribution in [2.75, 3.05) is 26.7 Å². The van der Waals surface area contributed by atoms with Crippen LogP contribution in [0.5, 0.6) is 0 Å². The van der Waals surface area contributed by atoms with Gasteiger partial charge in [0.25, 0.3) is 0 Å². The highest BCUT2D eigenvalue weighted by atomic mass is 16.2. The van der Waals surface area contributed by atoms with Gasteiger partial charge in [0.1, 0.15) is 0 Å². The quantitative estimate of drug-likeness (QED) is 0.745. The van der Waals surface area contributed by atoms with Gasteiger partial charge in [-0.1, -0.05) is 13.8 Å². The van der Waals surface area contributed by atoms with E-state index >= 15 is 0 Å². The van der Waals surface area contributed by atoms with E-state index in [1.54, 1.807) is 7.05 Å². The average Bonchev–Trinajstić information content (AvgIpc) is 2.73. The summed E-state index contributed by atoms with van der Waals surface area (Å²) in [6.07, 6.45) is 1.85. The molecule has 1 aliphatic heterocycles. The molecule has 1 atom stereocenters. The lowest BCUT2D eigenvalue weighted by atomic mass is 9.98. The number of carbonyl (C=O) groups excluding carboxylic acids is 2. The summed E-state index contributed by atoms with van der Waals surface area (Å²) in [6, 6.07) is 0. The van der Waals surface area contributed by atoms with E-state index in [0.29, 0.717) is 12.5 Å². The fourth-order valence-electron chi connectivity index (χ4n) is 2.16. The molecule has 0 bridgehead atoms. The van der Waals surface area contributed by atoms with Crippen LogP contribution in [-0.2, 0) is 9.59 Å². The molecular formula is C13H25N3O2. The van der Waals surface area contributed by atoms with Crippen LogP contribution in [0.15, 0.2) is 0 Å². The third-order valence-corrected chi connectivity index (χ3v) is 3.28. The zero-order valence-corrected chi connectivity index (χ0v) is 11.9. The van der Waals surface area contributed by atoms with Gasteiger partial charge in [0.05, 0.1) is 12.1 Å². The molecule has 1 heterocycles. The summed E-state index contributed by atoms with van der Waals surface area (Å²) in [4.78, 5) is 25.4. The lowest BCUT2D eigenvalue weighted by Gasteiger charge is -2.28. The molecule has 18 heavy (non-hydrogen) atoms. The second kappa shape index (κ2) is 6.18. The number of hydrogen-bond acceptors (Lipinski definition) is 3. The third kappa shape index (κ3) is 3.98. The summed E-state index contributed by atoms with van der Waals surface area (Å²) in [7, 11) is 1.68. The summed E-state index contributed by atoms with van der Waals surface area (Å²) in [5.74, 6) is 0.324. The number of carbonyl (C=O) groups is 2. The minimum atomic E-state index is -0.493. The van der Waals surface area contributed by atoms with Crippen LogP contribution in [0.4, 0.5) is 0 Å². The van der Waals surface area contributed by atoms with Gasteiger partial charge in [0, 0.05) is 13.6 Å². The Labute approximate surface area is 109 Å². The highest BCUT2D eigenvalue weighted by molar-refractivity contribution is 5.90. The van der Waals surface area contributed by atoms with Crippen molar-refractivity contribution in [3.63, 3.8) is 0 Å². The highest BCUT2D eigenvalue weighted by Gasteiger charge is 2.38. The van der Waals surface area contributed by atoms with Crippen molar-refractivity contribution in [2.24, 2.45) is 5.92 Å². The highest BCUT2D eigenvalue weighted by Crippen LogP contribution is 2.20. The monoisotopic (exact) mass is 255 g/mol. The fourth-order valence-corrected chi connectivity index (χ4v) is 2.16. The predicted octanol–water partition coefficient (Wildman–Crippen LogP) is 0.359. The Bertz CT molecular complexity index is 309. The lowest BCUT2D eigenvalue weighted by Crippen LogP contribution is -2.53. The smallest absolute Gasteiger partial charge is 0.242 e. The van der Waals surface area contributed by atoms with Gasteiger partial charge in [-0.2, -0.15) is 0 Å². The Morgan fingerprint density at radius 2 is 2.11 bits per heavy atom. The maximum absolute atomic E-state index is 12.2. The zero-order valence-electron chi connectivity index (χ0n) is 11.9. The van der Waals surface area contributed by atoms with Gasteiger partial charge in [0.2, 0.25) is 11.8 Å². The average molecular weight is 255 g/mol. The Morgan fingerprint density at radius 3 is 2.61 bits per heavy atom. The first kappa shape index (κ1) is 15.0. The standard InChI is InChI=1S/C13H25N3O2/c1-10(2)8-14-11(17)9-16(4)12(18)13(3)6-5-7-15-13/h10,15H,5-9H2,1-4H3,(H,14,17). The van der Waals surface area contributed by atoms with Gasteiger partial charge in [-0.3, -0.25) is 9.59 Å². The summed E-state index contributed by atoms with van der Waals surface area (Å²) in [6.45, 7) is 7.64. The van der Waals surface area contributed by atoms with Gasteiger partial charge < -0.3 is 15.5 Å². The van der Waals surface area contributed by atoms with Crippen molar-refractivity contribution in [1.82, 2.24) is 15.5 Å². The Morgan fingerprint density at radius 1 is 1.44 bits per heavy atom. The van der Waals surface area contributed by atoms with Gasteiger partial charge in [-0.15, -0.1) is 0 Å². The van der Waals surface area contributed by atoms with Crippen LogP contribution in [0.2, 0.25) is 0 Å². The normalized spacial score (nSPS) is 23.2. The maximum Gasteiger partial charge on any atom is 0.242 e. The molecule has 5 nitrogen and oxygen atoms in total. The summed E-state index contributed by atoms with van der Waals surface area (Å²) in [5, 5.41) is 6.03. The Hall–Kier alpha value is -1.10. The van der Waals surface area contributed by atoms with Crippen molar-refractivity contribution < 1.29 is 9.59 Å². The molecule has 2 amide bonds. The van der Waals surface area contributed by atoms with Crippen molar-refractivity contribution >= 4 is 11.8 Å². The van der Waals surface area contributed by atoms with Crippen LogP contribution in [-0.4, -0.2) is 48.9 Å². The van der Waals surface area contributed by atoms with Crippen molar-refractivity contribution in [1.29, 1.82) is 0 Å². The summed E-state index contributed by atoms with van der Waals surface area (Å²) >= 11 is 0. The van der Waals surface area contributed by atoms with Crippen LogP contribution in [0.3, 0.4) is 0 Å². The van der Waals surface area contributed by atoms with Crippen LogP contribution in [0, 0.1) is 5.92 Å². The fraction of sp³-hybridized carbons (Fsp3) is 0.846. The zero-order chi connectivity index (χ0) is 13.8. The van der Waals surface area contributed by atoms with Crippen molar-refractivity contribution in [2.45, 2.75) is 39.2 Å². The molecule has 0 saturated carbocycles. The Balaban J connectivity index is 2.42. The van der Waals surface area contributed by atoms with Crippen LogP contribution >= 0.6 is 0 Å². The largest absolute Gasteiger partial charge is 0.354 e. The van der Waals surface area contributed by atoms with E-state index in [0.717, 1.165) is 19.4 Å². The molecule has 1 fully saturated rings. The van der Waals surface area contributed by atoms with Crippen LogP contribution < -0.4 is 10.6 Å². The first-order valence-electron chi connectivity index (χ1n) is 6.62. The minimum absolute atomic E-state index is 0.000281. The predicted molar refractivity (Wildman–Crippen MR) is 71.1 cm³/mol. The molecule has 0 aromatic rings. The van der Waals surface area contributed by atoms with E-state index in [2.05, 4.69) is 10.6 Å². The molecule has 0 radical (unpaired) electrons. The molecule has 5 heteroatoms. The van der Waals surface area contributed by atoms with Crippen molar-refractivity contribution in [3.8, 4) is 0 Å². The molecule has 1 aliphatic rings. The summed E-state index contributed by atoms with van der Waals surface area (Å²) < 4.78 is 0. The Kier molecular flexibility index (Phi) is 5.14. The van der Waals surface area contributed by atoms with E-state index in [1.165, 1.54) is 4.90 Å². The first-order chi connectivity index (χ1) is 8.35. The lowest BCUT2D eigenvalue weighted by molar-refractivity contribution is -0.139. The molecule has 1 saturated heterocycles. The summed E-state index contributed by atoms with van der Waals surface area (Å²) in [5.41, 5.74) is -0.493. The molecule has 0 aromatic carbocycles. The number of nitrogens with one attached hydrogen (secondary N) is 2. The van der Waals surface area contributed by atoms with E-state index < -0.39 is 5.54 Å². The van der Waals surface area contributed by atoms with E-state index in [4.69, 9.17) is 0 Å².